The SMILES string of the molecule is CC1CC(C)C(SCC(=O)NC(C)C)C(N)C1. The van der Waals surface area contributed by atoms with Gasteiger partial charge in [-0.25, -0.2) is 0 Å². The summed E-state index contributed by atoms with van der Waals surface area (Å²) in [5.74, 6) is 2.00. The third-order valence-electron chi connectivity index (χ3n) is 3.29. The van der Waals surface area contributed by atoms with Crippen molar-refractivity contribution < 1.29 is 4.79 Å². The Labute approximate surface area is 109 Å². The first-order valence-electron chi connectivity index (χ1n) is 6.56. The monoisotopic (exact) mass is 258 g/mol. The van der Waals surface area contributed by atoms with Gasteiger partial charge in [-0.2, -0.15) is 0 Å². The number of amides is 1. The van der Waals surface area contributed by atoms with E-state index >= 15 is 0 Å². The average Bonchev–Trinajstić information content (AvgIpc) is 2.14. The van der Waals surface area contributed by atoms with Crippen LogP contribution in [-0.2, 0) is 4.79 Å². The highest BCUT2D eigenvalue weighted by molar-refractivity contribution is 8.00. The lowest BCUT2D eigenvalue weighted by Crippen LogP contribution is -2.44. The minimum Gasteiger partial charge on any atom is -0.353 e. The van der Waals surface area contributed by atoms with Crippen LogP contribution >= 0.6 is 11.8 Å². The fraction of sp³-hybridized carbons (Fsp3) is 0.923. The molecule has 4 unspecified atom stereocenters. The lowest BCUT2D eigenvalue weighted by molar-refractivity contribution is -0.119. The lowest BCUT2D eigenvalue weighted by atomic mass is 9.80. The first-order chi connectivity index (χ1) is 7.90. The molecule has 0 aromatic heterocycles. The van der Waals surface area contributed by atoms with Crippen molar-refractivity contribution in [3.05, 3.63) is 0 Å². The summed E-state index contributed by atoms with van der Waals surface area (Å²) in [6, 6.07) is 0.464. The van der Waals surface area contributed by atoms with E-state index in [4.69, 9.17) is 5.73 Å². The van der Waals surface area contributed by atoms with Crippen LogP contribution in [0.4, 0.5) is 0 Å². The first-order valence-corrected chi connectivity index (χ1v) is 7.61. The molecule has 0 aliphatic heterocycles. The van der Waals surface area contributed by atoms with Crippen LogP contribution in [0.5, 0.6) is 0 Å². The Morgan fingerprint density at radius 3 is 2.59 bits per heavy atom. The molecule has 1 aliphatic rings. The van der Waals surface area contributed by atoms with E-state index in [1.54, 1.807) is 11.8 Å². The molecule has 17 heavy (non-hydrogen) atoms. The van der Waals surface area contributed by atoms with Gasteiger partial charge in [-0.1, -0.05) is 13.8 Å². The topological polar surface area (TPSA) is 55.1 Å². The molecule has 0 aromatic rings. The van der Waals surface area contributed by atoms with Gasteiger partial charge in [0.2, 0.25) is 5.91 Å². The van der Waals surface area contributed by atoms with Crippen LogP contribution in [0.3, 0.4) is 0 Å². The van der Waals surface area contributed by atoms with Crippen molar-refractivity contribution in [2.24, 2.45) is 17.6 Å². The van der Waals surface area contributed by atoms with Gasteiger partial charge in [0.25, 0.3) is 0 Å². The fourth-order valence-corrected chi connectivity index (χ4v) is 3.93. The summed E-state index contributed by atoms with van der Waals surface area (Å²) in [5.41, 5.74) is 6.19. The van der Waals surface area contributed by atoms with E-state index in [-0.39, 0.29) is 18.0 Å². The lowest BCUT2D eigenvalue weighted by Gasteiger charge is -2.37. The molecule has 1 fully saturated rings. The van der Waals surface area contributed by atoms with Crippen molar-refractivity contribution in [3.63, 3.8) is 0 Å². The number of carbonyl (C=O) groups excluding carboxylic acids is 1. The summed E-state index contributed by atoms with van der Waals surface area (Å²) in [4.78, 5) is 11.6. The number of nitrogens with two attached hydrogens (primary N) is 1. The van der Waals surface area contributed by atoms with Crippen LogP contribution in [0.25, 0.3) is 0 Å². The molecule has 4 heteroatoms. The number of nitrogens with one attached hydrogen (secondary N) is 1. The van der Waals surface area contributed by atoms with Gasteiger partial charge in [0.1, 0.15) is 0 Å². The number of carbonyl (C=O) groups is 1. The average molecular weight is 258 g/mol. The van der Waals surface area contributed by atoms with Crippen molar-refractivity contribution in [1.82, 2.24) is 5.32 Å². The Balaban J connectivity index is 2.37. The number of rotatable bonds is 4. The molecule has 0 spiro atoms. The smallest absolute Gasteiger partial charge is 0.230 e. The second-order valence-corrected chi connectivity index (χ2v) is 6.88. The predicted octanol–water partition coefficient (Wildman–Crippen LogP) is 2.01. The molecule has 0 heterocycles. The van der Waals surface area contributed by atoms with Crippen molar-refractivity contribution in [2.45, 2.75) is 57.9 Å². The maximum Gasteiger partial charge on any atom is 0.230 e. The molecule has 3 N–H and O–H groups in total. The van der Waals surface area contributed by atoms with Gasteiger partial charge < -0.3 is 11.1 Å². The molecule has 1 amide bonds. The second-order valence-electron chi connectivity index (χ2n) is 5.72. The summed E-state index contributed by atoms with van der Waals surface area (Å²) < 4.78 is 0. The molecule has 0 aromatic carbocycles. The van der Waals surface area contributed by atoms with Crippen LogP contribution in [0.1, 0.15) is 40.5 Å². The summed E-state index contributed by atoms with van der Waals surface area (Å²) in [7, 11) is 0. The summed E-state index contributed by atoms with van der Waals surface area (Å²) >= 11 is 1.73. The quantitative estimate of drug-likeness (QED) is 0.811. The number of thioether (sulfide) groups is 1. The Morgan fingerprint density at radius 1 is 1.41 bits per heavy atom. The third kappa shape index (κ3) is 4.88. The van der Waals surface area contributed by atoms with Gasteiger partial charge in [0.15, 0.2) is 0 Å². The fourth-order valence-electron chi connectivity index (χ4n) is 2.71. The molecule has 3 nitrogen and oxygen atoms in total. The molecular formula is C13H26N2OS. The molecule has 1 aliphatic carbocycles. The summed E-state index contributed by atoms with van der Waals surface area (Å²) in [6.07, 6.45) is 2.32. The number of hydrogen-bond acceptors (Lipinski definition) is 3. The van der Waals surface area contributed by atoms with E-state index in [1.807, 2.05) is 13.8 Å². The van der Waals surface area contributed by atoms with E-state index in [1.165, 1.54) is 6.42 Å². The standard InChI is InChI=1S/C13H26N2OS/c1-8(2)15-12(16)7-17-13-10(4)5-9(3)6-11(13)14/h8-11,13H,5-7,14H2,1-4H3,(H,15,16). The van der Waals surface area contributed by atoms with E-state index in [2.05, 4.69) is 19.2 Å². The van der Waals surface area contributed by atoms with Crippen molar-refractivity contribution in [2.75, 3.05) is 5.75 Å². The van der Waals surface area contributed by atoms with Crippen LogP contribution in [0.15, 0.2) is 0 Å². The molecule has 0 bridgehead atoms. The zero-order chi connectivity index (χ0) is 13.0. The van der Waals surface area contributed by atoms with Crippen LogP contribution < -0.4 is 11.1 Å². The molecule has 100 valence electrons. The van der Waals surface area contributed by atoms with Crippen molar-refractivity contribution in [3.8, 4) is 0 Å². The minimum absolute atomic E-state index is 0.128. The minimum atomic E-state index is 0.128. The molecule has 1 saturated carbocycles. The second kappa shape index (κ2) is 6.64. The summed E-state index contributed by atoms with van der Waals surface area (Å²) in [5, 5.41) is 3.35. The third-order valence-corrected chi connectivity index (χ3v) is 4.92. The van der Waals surface area contributed by atoms with Gasteiger partial charge in [0.05, 0.1) is 5.75 Å². The number of hydrogen-bond donors (Lipinski definition) is 2. The normalized spacial score (nSPS) is 33.8. The van der Waals surface area contributed by atoms with Crippen LogP contribution in [-0.4, -0.2) is 29.0 Å². The van der Waals surface area contributed by atoms with Crippen LogP contribution in [0, 0.1) is 11.8 Å². The maximum atomic E-state index is 11.6. The highest BCUT2D eigenvalue weighted by Gasteiger charge is 2.32. The Morgan fingerprint density at radius 2 is 2.06 bits per heavy atom. The van der Waals surface area contributed by atoms with Gasteiger partial charge in [-0.05, 0) is 38.5 Å². The van der Waals surface area contributed by atoms with Gasteiger partial charge in [-0.15, -0.1) is 11.8 Å². The molecule has 1 rings (SSSR count). The summed E-state index contributed by atoms with van der Waals surface area (Å²) in [6.45, 7) is 8.49. The molecule has 4 atom stereocenters. The molecule has 0 saturated heterocycles. The van der Waals surface area contributed by atoms with E-state index in [9.17, 15) is 4.79 Å². The Kier molecular flexibility index (Phi) is 5.80. The van der Waals surface area contributed by atoms with E-state index in [0.29, 0.717) is 16.9 Å². The molecule has 0 radical (unpaired) electrons. The maximum absolute atomic E-state index is 11.6. The Bertz CT molecular complexity index is 246. The van der Waals surface area contributed by atoms with Crippen LogP contribution in [0.2, 0.25) is 0 Å². The highest BCUT2D eigenvalue weighted by Crippen LogP contribution is 2.35. The van der Waals surface area contributed by atoms with E-state index in [0.717, 1.165) is 12.3 Å². The van der Waals surface area contributed by atoms with Crippen molar-refractivity contribution in [1.29, 1.82) is 0 Å². The zero-order valence-corrected chi connectivity index (χ0v) is 12.2. The predicted molar refractivity (Wildman–Crippen MR) is 75.1 cm³/mol. The van der Waals surface area contributed by atoms with Crippen molar-refractivity contribution >= 4 is 17.7 Å². The Hall–Kier alpha value is -0.220. The van der Waals surface area contributed by atoms with Gasteiger partial charge >= 0.3 is 0 Å². The largest absolute Gasteiger partial charge is 0.353 e. The zero-order valence-electron chi connectivity index (χ0n) is 11.4. The highest BCUT2D eigenvalue weighted by atomic mass is 32.2. The van der Waals surface area contributed by atoms with Gasteiger partial charge in [-0.3, -0.25) is 4.79 Å². The van der Waals surface area contributed by atoms with E-state index < -0.39 is 0 Å². The van der Waals surface area contributed by atoms with Gasteiger partial charge in [0, 0.05) is 17.3 Å². The first kappa shape index (κ1) is 14.8. The molecular weight excluding hydrogens is 232 g/mol.